The molecule has 0 bridgehead atoms. The van der Waals surface area contributed by atoms with Crippen LogP contribution in [-0.4, -0.2) is 49.7 Å². The third kappa shape index (κ3) is 6.29. The summed E-state index contributed by atoms with van der Waals surface area (Å²) in [6.45, 7) is 6.42. The molecule has 0 aliphatic carbocycles. The Morgan fingerprint density at radius 3 is 2.76 bits per heavy atom. The van der Waals surface area contributed by atoms with Crippen LogP contribution in [0, 0.1) is 12.8 Å². The van der Waals surface area contributed by atoms with Gasteiger partial charge in [0.1, 0.15) is 5.75 Å². The zero-order chi connectivity index (χ0) is 18.1. The second-order valence-electron chi connectivity index (χ2n) is 6.28. The largest absolute Gasteiger partial charge is 0.494 e. The Kier molecular flexibility index (Phi) is 7.57. The maximum Gasteiger partial charge on any atom is 0.317 e. The van der Waals surface area contributed by atoms with Crippen molar-refractivity contribution in [2.75, 3.05) is 32.8 Å². The van der Waals surface area contributed by atoms with Crippen LogP contribution < -0.4 is 10.1 Å². The Labute approximate surface area is 149 Å². The Balaban J connectivity index is 1.64. The van der Waals surface area contributed by atoms with Gasteiger partial charge in [-0.05, 0) is 45.2 Å². The number of hydrogen-bond donors (Lipinski definition) is 1. The van der Waals surface area contributed by atoms with Crippen LogP contribution >= 0.6 is 0 Å². The fourth-order valence-electron chi connectivity index (χ4n) is 2.82. The van der Waals surface area contributed by atoms with Crippen molar-refractivity contribution >= 4 is 12.0 Å². The van der Waals surface area contributed by atoms with Crippen LogP contribution in [-0.2, 0) is 9.53 Å². The van der Waals surface area contributed by atoms with Crippen LogP contribution in [0.5, 0.6) is 5.75 Å². The van der Waals surface area contributed by atoms with Gasteiger partial charge in [0.2, 0.25) is 0 Å². The molecule has 1 aliphatic rings. The molecule has 0 spiro atoms. The van der Waals surface area contributed by atoms with E-state index in [-0.39, 0.29) is 17.9 Å². The first-order valence-corrected chi connectivity index (χ1v) is 8.99. The van der Waals surface area contributed by atoms with Crippen molar-refractivity contribution in [2.45, 2.75) is 33.1 Å². The maximum atomic E-state index is 12.2. The van der Waals surface area contributed by atoms with E-state index in [1.54, 1.807) is 11.8 Å². The number of benzene rings is 1. The average Bonchev–Trinajstić information content (AvgIpc) is 2.63. The number of nitrogens with one attached hydrogen (secondary N) is 1. The van der Waals surface area contributed by atoms with Gasteiger partial charge in [-0.25, -0.2) is 4.79 Å². The molecule has 0 aromatic heterocycles. The molecule has 2 amide bonds. The maximum absolute atomic E-state index is 12.2. The molecule has 6 heteroatoms. The van der Waals surface area contributed by atoms with Crippen LogP contribution in [0.1, 0.15) is 31.7 Å². The topological polar surface area (TPSA) is 67.9 Å². The van der Waals surface area contributed by atoms with Gasteiger partial charge in [0, 0.05) is 19.6 Å². The molecular weight excluding hydrogens is 320 g/mol. The predicted molar refractivity (Wildman–Crippen MR) is 95.6 cm³/mol. The first kappa shape index (κ1) is 19.1. The molecule has 0 radical (unpaired) electrons. The molecule has 1 saturated heterocycles. The highest BCUT2D eigenvalue weighted by Crippen LogP contribution is 2.18. The number of rotatable bonds is 7. The molecule has 1 aliphatic heterocycles. The van der Waals surface area contributed by atoms with E-state index in [2.05, 4.69) is 5.32 Å². The van der Waals surface area contributed by atoms with E-state index in [0.717, 1.165) is 25.0 Å². The van der Waals surface area contributed by atoms with Gasteiger partial charge < -0.3 is 19.7 Å². The lowest BCUT2D eigenvalue weighted by atomic mass is 9.98. The third-order valence-electron chi connectivity index (χ3n) is 4.22. The summed E-state index contributed by atoms with van der Waals surface area (Å²) in [4.78, 5) is 25.7. The molecule has 1 unspecified atom stereocenters. The van der Waals surface area contributed by atoms with E-state index >= 15 is 0 Å². The van der Waals surface area contributed by atoms with E-state index in [9.17, 15) is 9.59 Å². The number of nitrogens with zero attached hydrogens (tertiary/aromatic N) is 1. The molecule has 1 aromatic rings. The number of carbonyl (C=O) groups is 2. The van der Waals surface area contributed by atoms with Gasteiger partial charge in [-0.3, -0.25) is 4.79 Å². The smallest absolute Gasteiger partial charge is 0.317 e. The van der Waals surface area contributed by atoms with E-state index in [1.807, 2.05) is 31.2 Å². The Bertz CT molecular complexity index is 559. The highest BCUT2D eigenvalue weighted by molar-refractivity contribution is 5.77. The van der Waals surface area contributed by atoms with E-state index in [0.29, 0.717) is 32.8 Å². The summed E-state index contributed by atoms with van der Waals surface area (Å²) in [6, 6.07) is 7.78. The minimum absolute atomic E-state index is 0.121. The molecule has 1 atom stereocenters. The summed E-state index contributed by atoms with van der Waals surface area (Å²) in [5.41, 5.74) is 1.20. The Morgan fingerprint density at radius 2 is 2.04 bits per heavy atom. The van der Waals surface area contributed by atoms with Crippen LogP contribution in [0.25, 0.3) is 0 Å². The molecule has 0 saturated carbocycles. The Morgan fingerprint density at radius 1 is 1.28 bits per heavy atom. The predicted octanol–water partition coefficient (Wildman–Crippen LogP) is 2.75. The Hall–Kier alpha value is -2.24. The van der Waals surface area contributed by atoms with Crippen LogP contribution in [0.15, 0.2) is 24.3 Å². The standard InChI is InChI=1S/C19H28N2O4/c1-3-24-18(22)16-6-4-12-21(14-16)19(23)20-11-5-13-25-17-9-7-15(2)8-10-17/h7-10,16H,3-6,11-14H2,1-2H3,(H,20,23). The van der Waals surface area contributed by atoms with Gasteiger partial charge in [-0.1, -0.05) is 17.7 Å². The quantitative estimate of drug-likeness (QED) is 0.608. The molecule has 2 rings (SSSR count). The molecular formula is C19H28N2O4. The molecule has 1 heterocycles. The second kappa shape index (κ2) is 9.91. The first-order valence-electron chi connectivity index (χ1n) is 8.99. The van der Waals surface area contributed by atoms with Crippen molar-refractivity contribution < 1.29 is 19.1 Å². The number of urea groups is 1. The monoisotopic (exact) mass is 348 g/mol. The summed E-state index contributed by atoms with van der Waals surface area (Å²) in [7, 11) is 0. The third-order valence-corrected chi connectivity index (χ3v) is 4.22. The summed E-state index contributed by atoms with van der Waals surface area (Å²) in [5, 5.41) is 2.89. The van der Waals surface area contributed by atoms with Gasteiger partial charge in [0.25, 0.3) is 0 Å². The van der Waals surface area contributed by atoms with Gasteiger partial charge in [-0.2, -0.15) is 0 Å². The SMILES string of the molecule is CCOC(=O)C1CCCN(C(=O)NCCCOc2ccc(C)cc2)C1. The average molecular weight is 348 g/mol. The molecule has 1 aromatic carbocycles. The van der Waals surface area contributed by atoms with Crippen molar-refractivity contribution in [1.82, 2.24) is 10.2 Å². The van der Waals surface area contributed by atoms with Gasteiger partial charge in [0.05, 0.1) is 19.1 Å². The van der Waals surface area contributed by atoms with E-state index in [4.69, 9.17) is 9.47 Å². The highest BCUT2D eigenvalue weighted by atomic mass is 16.5. The number of esters is 1. The van der Waals surface area contributed by atoms with Crippen molar-refractivity contribution in [3.63, 3.8) is 0 Å². The number of likely N-dealkylation sites (tertiary alicyclic amines) is 1. The molecule has 25 heavy (non-hydrogen) atoms. The van der Waals surface area contributed by atoms with Crippen LogP contribution in [0.3, 0.4) is 0 Å². The van der Waals surface area contributed by atoms with Gasteiger partial charge >= 0.3 is 12.0 Å². The summed E-state index contributed by atoms with van der Waals surface area (Å²) in [6.07, 6.45) is 2.34. The molecule has 138 valence electrons. The number of amides is 2. The number of carbonyl (C=O) groups excluding carboxylic acids is 2. The summed E-state index contributed by atoms with van der Waals surface area (Å²) < 4.78 is 10.7. The zero-order valence-corrected chi connectivity index (χ0v) is 15.1. The normalized spacial score (nSPS) is 17.0. The minimum Gasteiger partial charge on any atom is -0.494 e. The van der Waals surface area contributed by atoms with Crippen molar-refractivity contribution in [3.05, 3.63) is 29.8 Å². The number of ether oxygens (including phenoxy) is 2. The van der Waals surface area contributed by atoms with E-state index < -0.39 is 0 Å². The first-order chi connectivity index (χ1) is 12.1. The second-order valence-corrected chi connectivity index (χ2v) is 6.28. The van der Waals surface area contributed by atoms with Crippen LogP contribution in [0.2, 0.25) is 0 Å². The lowest BCUT2D eigenvalue weighted by Gasteiger charge is -2.31. The van der Waals surface area contributed by atoms with Gasteiger partial charge in [-0.15, -0.1) is 0 Å². The number of piperidine rings is 1. The van der Waals surface area contributed by atoms with E-state index in [1.165, 1.54) is 5.56 Å². The summed E-state index contributed by atoms with van der Waals surface area (Å²) in [5.74, 6) is 0.432. The van der Waals surface area contributed by atoms with Crippen molar-refractivity contribution in [2.24, 2.45) is 5.92 Å². The minimum atomic E-state index is -0.204. The lowest BCUT2D eigenvalue weighted by molar-refractivity contribution is -0.149. The molecule has 1 N–H and O–H groups in total. The number of aryl methyl sites for hydroxylation is 1. The van der Waals surface area contributed by atoms with Crippen molar-refractivity contribution in [3.8, 4) is 5.75 Å². The fourth-order valence-corrected chi connectivity index (χ4v) is 2.82. The van der Waals surface area contributed by atoms with Gasteiger partial charge in [0.15, 0.2) is 0 Å². The highest BCUT2D eigenvalue weighted by Gasteiger charge is 2.29. The fraction of sp³-hybridized carbons (Fsp3) is 0.579. The van der Waals surface area contributed by atoms with Crippen LogP contribution in [0.4, 0.5) is 4.79 Å². The molecule has 6 nitrogen and oxygen atoms in total. The van der Waals surface area contributed by atoms with Crippen molar-refractivity contribution in [1.29, 1.82) is 0 Å². The zero-order valence-electron chi connectivity index (χ0n) is 15.1. The molecule has 1 fully saturated rings. The lowest BCUT2D eigenvalue weighted by Crippen LogP contribution is -2.47. The number of hydrogen-bond acceptors (Lipinski definition) is 4. The summed E-state index contributed by atoms with van der Waals surface area (Å²) >= 11 is 0.